The van der Waals surface area contributed by atoms with Gasteiger partial charge in [0.1, 0.15) is 10.4 Å². The second kappa shape index (κ2) is 3.03. The highest BCUT2D eigenvalue weighted by Gasteiger charge is 2.07. The van der Waals surface area contributed by atoms with E-state index < -0.39 is 0 Å². The molecule has 1 heterocycles. The van der Waals surface area contributed by atoms with Gasteiger partial charge in [0.15, 0.2) is 0 Å². The van der Waals surface area contributed by atoms with Gasteiger partial charge < -0.3 is 5.11 Å². The van der Waals surface area contributed by atoms with Crippen LogP contribution in [0.4, 0.5) is 0 Å². The fourth-order valence-corrected chi connectivity index (χ4v) is 1.95. The van der Waals surface area contributed by atoms with Gasteiger partial charge in [-0.2, -0.15) is 5.10 Å². The summed E-state index contributed by atoms with van der Waals surface area (Å²) < 4.78 is 2.77. The lowest BCUT2D eigenvalue weighted by Crippen LogP contribution is -1.95. The van der Waals surface area contributed by atoms with E-state index in [1.54, 1.807) is 12.1 Å². The van der Waals surface area contributed by atoms with Gasteiger partial charge in [-0.15, -0.1) is 0 Å². The third kappa shape index (κ3) is 1.31. The van der Waals surface area contributed by atoms with E-state index in [4.69, 9.17) is 0 Å². The minimum absolute atomic E-state index is 0.267. The van der Waals surface area contributed by atoms with Gasteiger partial charge in [-0.05, 0) is 41.1 Å². The van der Waals surface area contributed by atoms with Crippen LogP contribution in [0.2, 0.25) is 0 Å². The van der Waals surface area contributed by atoms with E-state index in [9.17, 15) is 5.11 Å². The number of hydrogen-bond acceptors (Lipinski definition) is 2. The first-order chi connectivity index (χ1) is 6.22. The van der Waals surface area contributed by atoms with Crippen molar-refractivity contribution in [3.05, 3.63) is 22.8 Å². The standard InChI is InChI=1S/C9H9BrN2O/c1-2-12-9(10)7-5-6(13)3-4-8(7)11-12/h3-5,13H,2H2,1H3. The lowest BCUT2D eigenvalue weighted by Gasteiger charge is -1.94. The number of benzene rings is 1. The van der Waals surface area contributed by atoms with Crippen LogP contribution in [0.1, 0.15) is 6.92 Å². The zero-order valence-corrected chi connectivity index (χ0v) is 8.74. The van der Waals surface area contributed by atoms with Crippen LogP contribution in [-0.2, 0) is 6.54 Å². The molecule has 13 heavy (non-hydrogen) atoms. The summed E-state index contributed by atoms with van der Waals surface area (Å²) in [7, 11) is 0. The first kappa shape index (κ1) is 8.56. The molecule has 2 rings (SSSR count). The number of aromatic nitrogens is 2. The zero-order valence-electron chi connectivity index (χ0n) is 7.16. The van der Waals surface area contributed by atoms with Crippen LogP contribution in [-0.4, -0.2) is 14.9 Å². The van der Waals surface area contributed by atoms with Crippen LogP contribution >= 0.6 is 15.9 Å². The number of rotatable bonds is 1. The number of nitrogens with zero attached hydrogens (tertiary/aromatic N) is 2. The van der Waals surface area contributed by atoms with Crippen molar-refractivity contribution in [2.45, 2.75) is 13.5 Å². The summed E-state index contributed by atoms with van der Waals surface area (Å²) >= 11 is 3.44. The van der Waals surface area contributed by atoms with E-state index in [0.717, 1.165) is 22.1 Å². The van der Waals surface area contributed by atoms with E-state index in [0.29, 0.717) is 0 Å². The number of aromatic hydroxyl groups is 1. The van der Waals surface area contributed by atoms with Crippen LogP contribution in [0.15, 0.2) is 22.8 Å². The Morgan fingerprint density at radius 1 is 1.54 bits per heavy atom. The average Bonchev–Trinajstić information content (AvgIpc) is 2.44. The predicted octanol–water partition coefficient (Wildman–Crippen LogP) is 2.52. The van der Waals surface area contributed by atoms with Crippen LogP contribution in [0.3, 0.4) is 0 Å². The highest BCUT2D eigenvalue weighted by molar-refractivity contribution is 9.10. The number of aryl methyl sites for hydroxylation is 1. The van der Waals surface area contributed by atoms with Crippen molar-refractivity contribution in [2.24, 2.45) is 0 Å². The third-order valence-corrected chi connectivity index (χ3v) is 2.79. The van der Waals surface area contributed by atoms with E-state index in [-0.39, 0.29) is 5.75 Å². The molecule has 0 fully saturated rings. The molecule has 0 amide bonds. The fraction of sp³-hybridized carbons (Fsp3) is 0.222. The van der Waals surface area contributed by atoms with Crippen LogP contribution in [0.25, 0.3) is 10.9 Å². The maximum absolute atomic E-state index is 9.28. The summed E-state index contributed by atoms with van der Waals surface area (Å²) in [5.41, 5.74) is 0.895. The number of halogens is 1. The minimum atomic E-state index is 0.267. The van der Waals surface area contributed by atoms with Crippen molar-refractivity contribution < 1.29 is 5.11 Å². The minimum Gasteiger partial charge on any atom is -0.508 e. The normalized spacial score (nSPS) is 10.9. The molecule has 0 aliphatic rings. The van der Waals surface area contributed by atoms with Crippen molar-refractivity contribution in [1.29, 1.82) is 0 Å². The highest BCUT2D eigenvalue weighted by Crippen LogP contribution is 2.26. The molecule has 1 aromatic heterocycles. The quantitative estimate of drug-likeness (QED) is 0.832. The van der Waals surface area contributed by atoms with Gasteiger partial charge in [-0.3, -0.25) is 4.68 Å². The van der Waals surface area contributed by atoms with E-state index in [2.05, 4.69) is 21.0 Å². The van der Waals surface area contributed by atoms with Gasteiger partial charge in [0.2, 0.25) is 0 Å². The molecular weight excluding hydrogens is 232 g/mol. The maximum Gasteiger partial charge on any atom is 0.116 e. The first-order valence-electron chi connectivity index (χ1n) is 4.07. The summed E-state index contributed by atoms with van der Waals surface area (Å²) in [6, 6.07) is 5.15. The van der Waals surface area contributed by atoms with Crippen molar-refractivity contribution >= 4 is 26.8 Å². The Kier molecular flexibility index (Phi) is 2.00. The summed E-state index contributed by atoms with van der Waals surface area (Å²) in [5.74, 6) is 0.267. The van der Waals surface area contributed by atoms with Crippen molar-refractivity contribution in [3.63, 3.8) is 0 Å². The molecule has 3 nitrogen and oxygen atoms in total. The summed E-state index contributed by atoms with van der Waals surface area (Å²) in [6.45, 7) is 2.84. The molecule has 0 radical (unpaired) electrons. The molecule has 1 N–H and O–H groups in total. The lowest BCUT2D eigenvalue weighted by molar-refractivity contribution is 0.476. The van der Waals surface area contributed by atoms with E-state index in [1.807, 2.05) is 17.7 Å². The van der Waals surface area contributed by atoms with Gasteiger partial charge in [-0.25, -0.2) is 0 Å². The van der Waals surface area contributed by atoms with Gasteiger partial charge in [0.25, 0.3) is 0 Å². The van der Waals surface area contributed by atoms with Crippen LogP contribution < -0.4 is 0 Å². The molecule has 4 heteroatoms. The van der Waals surface area contributed by atoms with Gasteiger partial charge in [0.05, 0.1) is 5.52 Å². The molecule has 0 atom stereocenters. The number of phenols is 1. The molecule has 0 aliphatic carbocycles. The Hall–Kier alpha value is -1.03. The topological polar surface area (TPSA) is 38.0 Å². The number of phenolic OH excluding ortho intramolecular Hbond substituents is 1. The Labute approximate surface area is 84.1 Å². The summed E-state index contributed by atoms with van der Waals surface area (Å²) in [4.78, 5) is 0. The monoisotopic (exact) mass is 240 g/mol. The van der Waals surface area contributed by atoms with Gasteiger partial charge >= 0.3 is 0 Å². The Morgan fingerprint density at radius 2 is 2.31 bits per heavy atom. The number of hydrogen-bond donors (Lipinski definition) is 1. The molecule has 0 spiro atoms. The summed E-state index contributed by atoms with van der Waals surface area (Å²) in [6.07, 6.45) is 0. The average molecular weight is 241 g/mol. The molecule has 1 aromatic carbocycles. The van der Waals surface area contributed by atoms with Crippen molar-refractivity contribution in [3.8, 4) is 5.75 Å². The summed E-state index contributed by atoms with van der Waals surface area (Å²) in [5, 5.41) is 14.6. The third-order valence-electron chi connectivity index (χ3n) is 1.96. The first-order valence-corrected chi connectivity index (χ1v) is 4.86. The second-order valence-corrected chi connectivity index (χ2v) is 3.56. The molecule has 0 saturated heterocycles. The Balaban J connectivity index is 2.77. The Morgan fingerprint density at radius 3 is 3.00 bits per heavy atom. The second-order valence-electron chi connectivity index (χ2n) is 2.81. The molecule has 0 saturated carbocycles. The molecular formula is C9H9BrN2O. The van der Waals surface area contributed by atoms with E-state index >= 15 is 0 Å². The van der Waals surface area contributed by atoms with Crippen molar-refractivity contribution in [2.75, 3.05) is 0 Å². The molecule has 2 aromatic rings. The molecule has 0 aliphatic heterocycles. The smallest absolute Gasteiger partial charge is 0.116 e. The highest BCUT2D eigenvalue weighted by atomic mass is 79.9. The molecule has 68 valence electrons. The maximum atomic E-state index is 9.28. The zero-order chi connectivity index (χ0) is 9.42. The molecule has 0 unspecified atom stereocenters. The SMILES string of the molecule is CCn1nc2ccc(O)cc2c1Br. The van der Waals surface area contributed by atoms with Gasteiger partial charge in [0, 0.05) is 11.9 Å². The van der Waals surface area contributed by atoms with Crippen LogP contribution in [0, 0.1) is 0 Å². The lowest BCUT2D eigenvalue weighted by atomic mass is 10.2. The molecule has 0 bridgehead atoms. The predicted molar refractivity (Wildman–Crippen MR) is 54.8 cm³/mol. The Bertz CT molecular complexity index is 450. The number of fused-ring (bicyclic) bond motifs is 1. The fourth-order valence-electron chi connectivity index (χ4n) is 1.30. The van der Waals surface area contributed by atoms with E-state index in [1.165, 1.54) is 0 Å². The van der Waals surface area contributed by atoms with Gasteiger partial charge in [-0.1, -0.05) is 0 Å². The van der Waals surface area contributed by atoms with Crippen molar-refractivity contribution in [1.82, 2.24) is 9.78 Å². The largest absolute Gasteiger partial charge is 0.508 e. The van der Waals surface area contributed by atoms with Crippen LogP contribution in [0.5, 0.6) is 5.75 Å².